The van der Waals surface area contributed by atoms with Crippen LogP contribution >= 0.6 is 24.4 Å². The Morgan fingerprint density at radius 3 is 1.71 bits per heavy atom. The topological polar surface area (TPSA) is 286 Å². The molecule has 0 aliphatic carbocycles. The van der Waals surface area contributed by atoms with E-state index >= 15 is 0 Å². The van der Waals surface area contributed by atoms with Gasteiger partial charge in [0.25, 0.3) is 34.5 Å². The highest BCUT2D eigenvalue weighted by Gasteiger charge is 2.51. The molecule has 0 radical (unpaired) electrons. The van der Waals surface area contributed by atoms with Gasteiger partial charge in [-0.2, -0.15) is 28.4 Å². The maximum absolute atomic E-state index is 13.7. The number of halogens is 3. The number of nitrogens with zero attached hydrogens (tertiary/aromatic N) is 15. The molecule has 0 unspecified atom stereocenters. The van der Waals surface area contributed by atoms with Gasteiger partial charge in [0.05, 0.1) is 70.4 Å². The third-order valence-electron chi connectivity index (χ3n) is 14.9. The average molecular weight is 1360 g/mol. The van der Waals surface area contributed by atoms with E-state index in [1.807, 2.05) is 71.9 Å². The number of nitrogens with two attached hydrogens (primary N) is 1. The summed E-state index contributed by atoms with van der Waals surface area (Å²) < 4.78 is 56.3. The van der Waals surface area contributed by atoms with Crippen molar-refractivity contribution in [3.05, 3.63) is 162 Å². The predicted octanol–water partition coefficient (Wildman–Crippen LogP) is 13.2. The van der Waals surface area contributed by atoms with Crippen LogP contribution in [0.15, 0.2) is 87.8 Å². The minimum atomic E-state index is -4.58. The number of aliphatic imine (C=N–C) groups is 1. The summed E-state index contributed by atoms with van der Waals surface area (Å²) in [6, 6.07) is 15.3. The maximum Gasteiger partial charge on any atom is 0.409 e. The van der Waals surface area contributed by atoms with E-state index in [0.29, 0.717) is 117 Å². The summed E-state index contributed by atoms with van der Waals surface area (Å²) in [6.45, 7) is 40.1. The Morgan fingerprint density at radius 1 is 0.732 bits per heavy atom. The number of thiocarbonyl (C=S) groups is 2. The predicted molar refractivity (Wildman–Crippen MR) is 371 cm³/mol. The molecule has 7 aromatic heterocycles. The number of benzene rings is 2. The van der Waals surface area contributed by atoms with E-state index in [1.54, 1.807) is 67.3 Å². The molecule has 1 aliphatic rings. The van der Waals surface area contributed by atoms with Gasteiger partial charge in [0, 0.05) is 19.8 Å². The Hall–Kier alpha value is -11.1. The van der Waals surface area contributed by atoms with Crippen molar-refractivity contribution in [2.75, 3.05) is 35.9 Å². The van der Waals surface area contributed by atoms with Crippen molar-refractivity contribution >= 4 is 109 Å². The number of esters is 1. The molecule has 1 amide bonds. The molecule has 9 aromatic rings. The van der Waals surface area contributed by atoms with Crippen molar-refractivity contribution < 1.29 is 37.0 Å². The average Bonchev–Trinajstić information content (AvgIpc) is 1.58. The standard InChI is InChI=1S/C29H30N8O3S.C23H30N4O4.C8H5N3S.C7H4F3N3/c1-8-10-20-22-23(35(7)34-20)26(38)33-25(32-22)19-14-17(11-12-21(19)40-9-2)37-28(41)36(27(39)29(37,4)5)18-13-16(3)24(30-6)31-15-18;1-7-9-16-18-19(27(5)26-16)21(28)25-20(24-18)15-12-14(10-11-17(15)31-8-2)13-23(3,4)22(29)30-6;1-6-3-7(11-5-12)4-10-8(6)9-2;1-12-6-5(7(8,9)10)2-4(11)3-13-6/h11-15H,8-10H2,1-5,7H3,(H,32,33,38);10-12H,7-9,13H2,1-6H3,(H,24,25,28);3-4H,1H3;2-3H,11H2. The molecule has 4 N–H and O–H groups in total. The van der Waals surface area contributed by atoms with Crippen molar-refractivity contribution in [3.63, 3.8) is 0 Å². The monoisotopic (exact) mass is 1360 g/mol. The van der Waals surface area contributed by atoms with Crippen molar-refractivity contribution in [3.8, 4) is 34.3 Å². The van der Waals surface area contributed by atoms with Gasteiger partial charge >= 0.3 is 12.1 Å². The third-order valence-corrected chi connectivity index (χ3v) is 15.4. The quantitative estimate of drug-likeness (QED) is 0.0351. The number of rotatable bonds is 16. The minimum Gasteiger partial charge on any atom is -0.493 e. The number of ether oxygens (including phenoxy) is 3. The molecule has 25 nitrogen and oxygen atoms in total. The molecule has 1 saturated heterocycles. The van der Waals surface area contributed by atoms with Gasteiger partial charge in [-0.3, -0.25) is 33.4 Å². The van der Waals surface area contributed by atoms with Crippen LogP contribution in [-0.2, 0) is 53.9 Å². The van der Waals surface area contributed by atoms with Crippen molar-refractivity contribution in [2.24, 2.45) is 24.5 Å². The van der Waals surface area contributed by atoms with E-state index < -0.39 is 28.5 Å². The highest BCUT2D eigenvalue weighted by Crippen LogP contribution is 2.42. The number of carbonyl (C=O) groups excluding carboxylic acids is 2. The number of methoxy groups -OCH3 is 1. The van der Waals surface area contributed by atoms with Crippen LogP contribution in [0.3, 0.4) is 0 Å². The lowest BCUT2D eigenvalue weighted by Gasteiger charge is -2.30. The van der Waals surface area contributed by atoms with Crippen LogP contribution in [-0.4, -0.2) is 102 Å². The van der Waals surface area contributed by atoms with Crippen LogP contribution < -0.4 is 36.1 Å². The zero-order chi connectivity index (χ0) is 71.4. The molecule has 1 fully saturated rings. The molecular formula is C67H69F3N18O7S2. The number of fused-ring (bicyclic) bond motifs is 2. The number of hydrogen-bond acceptors (Lipinski definition) is 18. The number of pyridine rings is 3. The number of alkyl halides is 3. The fourth-order valence-electron chi connectivity index (χ4n) is 10.5. The molecule has 8 heterocycles. The van der Waals surface area contributed by atoms with Crippen LogP contribution in [0.2, 0.25) is 0 Å². The lowest BCUT2D eigenvalue weighted by atomic mass is 9.85. The Bertz CT molecular complexity index is 4820. The van der Waals surface area contributed by atoms with E-state index in [2.05, 4.69) is 78.9 Å². The Kier molecular flexibility index (Phi) is 23.4. The molecular weight excluding hydrogens is 1290 g/mol. The van der Waals surface area contributed by atoms with E-state index in [4.69, 9.17) is 61.8 Å². The number of isothiocyanates is 1. The van der Waals surface area contributed by atoms with Gasteiger partial charge in [0.1, 0.15) is 64.0 Å². The molecule has 0 atom stereocenters. The first-order chi connectivity index (χ1) is 46.0. The number of H-pyrrole nitrogens is 2. The van der Waals surface area contributed by atoms with Crippen molar-refractivity contribution in [2.45, 2.75) is 113 Å². The number of aryl methyl sites for hydroxylation is 6. The molecule has 0 saturated carbocycles. The molecule has 0 spiro atoms. The van der Waals surface area contributed by atoms with E-state index in [1.165, 1.54) is 24.4 Å². The van der Waals surface area contributed by atoms with Gasteiger partial charge in [0.2, 0.25) is 0 Å². The normalized spacial score (nSPS) is 12.4. The van der Waals surface area contributed by atoms with Crippen LogP contribution in [0.25, 0.3) is 59.4 Å². The SMILES string of the molecule is CCCc1nn(C)c2c(=O)[nH]c(-c3cc(CC(C)(C)C(=O)OC)ccc3OCC)nc12.[C-]#[N+]c1ncc(N)cc1C(F)(F)F.[C-]#[N+]c1ncc(N2C(=O)C(C)(C)N(c3ccc(OCC)c(-c4nc5c(CCC)nn(C)c5c(=O)[nH]4)c3)C2=S)cc1C.[C-]#[N+]c1ncc(N=C=S)cc1C. The summed E-state index contributed by atoms with van der Waals surface area (Å²) >= 11 is 10.3. The first kappa shape index (κ1) is 73.3. The first-order valence-electron chi connectivity index (χ1n) is 30.2. The summed E-state index contributed by atoms with van der Waals surface area (Å²) in [7, 11) is 4.87. The molecule has 30 heteroatoms. The largest absolute Gasteiger partial charge is 0.493 e. The molecule has 2 aromatic carbocycles. The molecule has 0 bridgehead atoms. The van der Waals surface area contributed by atoms with Crippen LogP contribution in [0.5, 0.6) is 11.5 Å². The Morgan fingerprint density at radius 2 is 1.24 bits per heavy atom. The number of anilines is 3. The fourth-order valence-corrected chi connectivity index (χ4v) is 11.1. The molecule has 1 aliphatic heterocycles. The van der Waals surface area contributed by atoms with Crippen LogP contribution in [0.1, 0.15) is 102 Å². The van der Waals surface area contributed by atoms with E-state index in [0.717, 1.165) is 48.0 Å². The number of amides is 1. The molecule has 10 rings (SSSR count). The number of aromatic amines is 2. The van der Waals surface area contributed by atoms with Gasteiger partial charge in [0.15, 0.2) is 16.1 Å². The molecule has 502 valence electrons. The summed E-state index contributed by atoms with van der Waals surface area (Å²) in [4.78, 5) is 94.9. The lowest BCUT2D eigenvalue weighted by molar-refractivity contribution is -0.150. The smallest absolute Gasteiger partial charge is 0.409 e. The third kappa shape index (κ3) is 16.2. The number of nitrogens with one attached hydrogen (secondary N) is 2. The second-order valence-corrected chi connectivity index (χ2v) is 23.5. The fraction of sp³-hybridized carbons (Fsp3) is 0.343. The van der Waals surface area contributed by atoms with Gasteiger partial charge < -0.3 is 49.3 Å². The highest BCUT2D eigenvalue weighted by molar-refractivity contribution is 7.81. The van der Waals surface area contributed by atoms with Crippen molar-refractivity contribution in [1.82, 2.24) is 54.4 Å². The zero-order valence-electron chi connectivity index (χ0n) is 55.5. The zero-order valence-corrected chi connectivity index (χ0v) is 57.1. The Labute approximate surface area is 567 Å². The van der Waals surface area contributed by atoms with Gasteiger partial charge in [-0.25, -0.2) is 9.97 Å². The second kappa shape index (κ2) is 31.0. The van der Waals surface area contributed by atoms with Crippen LogP contribution in [0.4, 0.5) is 53.4 Å². The highest BCUT2D eigenvalue weighted by atomic mass is 32.1. The Balaban J connectivity index is 0.000000206. The number of carbonyl (C=O) groups is 2. The van der Waals surface area contributed by atoms with Crippen molar-refractivity contribution in [1.29, 1.82) is 0 Å². The number of nitrogen functional groups attached to an aromatic ring is 1. The van der Waals surface area contributed by atoms with Crippen LogP contribution in [0, 0.1) is 39.0 Å². The summed E-state index contributed by atoms with van der Waals surface area (Å²) in [6.07, 6.45) is 3.07. The van der Waals surface area contributed by atoms with E-state index in [-0.39, 0.29) is 39.6 Å². The second-order valence-electron chi connectivity index (χ2n) is 23.0. The maximum atomic E-state index is 13.7. The number of aromatic nitrogens is 11. The first-order valence-corrected chi connectivity index (χ1v) is 31.0. The molecule has 97 heavy (non-hydrogen) atoms. The van der Waals surface area contributed by atoms with Gasteiger partial charge in [-0.05, 0) is 164 Å². The van der Waals surface area contributed by atoms with Gasteiger partial charge in [-0.15, -0.1) is 15.0 Å². The summed E-state index contributed by atoms with van der Waals surface area (Å²) in [5, 5.41) is 11.5. The van der Waals surface area contributed by atoms with Gasteiger partial charge in [-0.1, -0.05) is 52.5 Å². The summed E-state index contributed by atoms with van der Waals surface area (Å²) in [5.74, 6) is 1.37. The number of hydrogen-bond donors (Lipinski definition) is 3. The van der Waals surface area contributed by atoms with E-state index in [9.17, 15) is 32.3 Å². The minimum absolute atomic E-state index is 0.111. The lowest BCUT2D eigenvalue weighted by Crippen LogP contribution is -2.44. The summed E-state index contributed by atoms with van der Waals surface area (Å²) in [5.41, 5.74) is 10.5.